The molecule has 4 spiro atoms. The SMILES string of the molecule is CNOC.CON(C)C(=O)[C@H]1C[C@@H](C)C2[C@H](O1)[C@H](O)[C@@]1(C)[C@@H]3CC[C@H]4C(C)(C)[C@@H](O[C@H]5CN(C6COC6)CCO5)CCC45C[C@@]35CC[C@]21C.C[C@@H]1C[C@H](C(=O)O)O[C@H]2C1[C@@]1(C)CC[C@@]34CC35CC[C@H](O[C@H]3CN(C6COC6)CCO3)C(C)(C)[C@@H]5CC[C@H]4[C@]1(C)[C@H]2O.Cl. The Hall–Kier alpha value is -1.37. The molecule has 19 nitrogen and oxygen atoms in total. The van der Waals surface area contributed by atoms with E-state index < -0.39 is 30.4 Å². The minimum atomic E-state index is -0.889. The van der Waals surface area contributed by atoms with Crippen molar-refractivity contribution in [1.82, 2.24) is 20.3 Å². The second-order valence-corrected chi connectivity index (χ2v) is 35.0. The summed E-state index contributed by atoms with van der Waals surface area (Å²) in [7, 11) is 6.44. The van der Waals surface area contributed by atoms with Gasteiger partial charge in [-0.15, -0.1) is 12.4 Å². The van der Waals surface area contributed by atoms with Crippen molar-refractivity contribution in [3.05, 3.63) is 0 Å². The van der Waals surface area contributed by atoms with Gasteiger partial charge in [0.15, 0.2) is 18.7 Å². The highest BCUT2D eigenvalue weighted by Gasteiger charge is 2.87. The number of nitrogens with zero attached hydrogens (tertiary/aromatic N) is 3. The first-order valence-corrected chi connectivity index (χ1v) is 36.2. The van der Waals surface area contributed by atoms with Crippen molar-refractivity contribution in [3.8, 4) is 0 Å². The number of morpholine rings is 2. The van der Waals surface area contributed by atoms with Crippen molar-refractivity contribution >= 4 is 24.3 Å². The first kappa shape index (κ1) is 69.1. The van der Waals surface area contributed by atoms with Crippen LogP contribution in [0, 0.1) is 101 Å². The minimum absolute atomic E-state index is 0. The van der Waals surface area contributed by atoms with E-state index in [-0.39, 0.29) is 116 Å². The molecule has 6 heterocycles. The maximum absolute atomic E-state index is 13.1. The lowest BCUT2D eigenvalue weighted by Crippen LogP contribution is -2.60. The smallest absolute Gasteiger partial charge is 0.332 e. The van der Waals surface area contributed by atoms with Gasteiger partial charge in [-0.05, 0) is 193 Å². The molecular weight excluding hydrogens is 1200 g/mol. The van der Waals surface area contributed by atoms with E-state index in [2.05, 4.69) is 89.4 Å². The van der Waals surface area contributed by atoms with Gasteiger partial charge in [0.25, 0.3) is 5.91 Å². The molecule has 0 aromatic carbocycles. The Labute approximate surface area is 555 Å². The van der Waals surface area contributed by atoms with Gasteiger partial charge in [0.1, 0.15) is 6.10 Å². The number of amides is 1. The van der Waals surface area contributed by atoms with Gasteiger partial charge in [0.05, 0.1) is 116 Å². The average molecular weight is 1320 g/mol. The molecule has 0 aromatic rings. The lowest BCUT2D eigenvalue weighted by molar-refractivity contribution is -0.256. The second kappa shape index (κ2) is 24.2. The molecule has 4 N–H and O–H groups in total. The highest BCUT2D eigenvalue weighted by atomic mass is 35.5. The Kier molecular flexibility index (Phi) is 18.2. The van der Waals surface area contributed by atoms with E-state index in [1.54, 1.807) is 21.2 Å². The average Bonchev–Trinajstić information content (AvgIpc) is 1.47. The Morgan fingerprint density at radius 2 is 0.967 bits per heavy atom. The molecule has 92 heavy (non-hydrogen) atoms. The number of nitrogens with one attached hydrogen (secondary N) is 1. The van der Waals surface area contributed by atoms with Crippen LogP contribution in [0.2, 0.25) is 0 Å². The number of aliphatic hydroxyl groups excluding tert-OH is 2. The van der Waals surface area contributed by atoms with E-state index in [4.69, 9.17) is 42.7 Å². The van der Waals surface area contributed by atoms with E-state index in [1.807, 2.05) is 0 Å². The number of hydrogen-bond acceptors (Lipinski definition) is 17. The summed E-state index contributed by atoms with van der Waals surface area (Å²) in [5.74, 6) is 2.10. The third kappa shape index (κ3) is 9.65. The van der Waals surface area contributed by atoms with Gasteiger partial charge in [-0.25, -0.2) is 15.3 Å². The molecule has 0 bridgehead atoms. The molecule has 524 valence electrons. The summed E-state index contributed by atoms with van der Waals surface area (Å²) in [5, 5.41) is 35.7. The zero-order valence-electron chi connectivity index (χ0n) is 58.4. The van der Waals surface area contributed by atoms with Crippen LogP contribution in [-0.4, -0.2) is 210 Å². The number of hydroxylamine groups is 3. The first-order chi connectivity index (χ1) is 43.1. The van der Waals surface area contributed by atoms with Crippen molar-refractivity contribution in [2.75, 3.05) is 94.1 Å². The zero-order valence-corrected chi connectivity index (χ0v) is 59.2. The Bertz CT molecular complexity index is 2720. The molecule has 6 aliphatic heterocycles. The number of ether oxygens (including phenoxy) is 8. The van der Waals surface area contributed by atoms with Crippen LogP contribution < -0.4 is 5.48 Å². The third-order valence-corrected chi connectivity index (χ3v) is 31.8. The standard InChI is InChI=1S/C36H58N2O7.C34H53NO7.C2H7NO.ClH/c1-21-16-23(31(40)37(6)41-7)44-29-28(21)33(4)12-13-36-20-35(36)11-10-26(45-27-17-38(14-15-43-27)22-18-42-19-22)32(2,3)24(35)8-9-25(36)34(33,5)30(29)39;1-19-14-21(29(37)38)41-27-26(19)31(4)10-11-34-18-33(34)9-8-24(42-25-15-35(12-13-40-25)20-16-39-17-20)30(2,3)22(33)6-7-23(34)32(31,5)28(27)36;1-3-4-2;/h21-30,39H,8-20H2,1-7H3;19-28,36H,6-18H2,1-5H3,(H,37,38);3H,1-2H3;1H/t21-,23-,24+,25+,26+,27+,28?,29+,30+,33-,34-,35?,36+;19-,21-,22+,23+,24+,25+,26?,27+,28+,31-,32-,33?,34+;;/m11../s1. The highest BCUT2D eigenvalue weighted by Crippen LogP contribution is 2.91. The molecule has 16 rings (SSSR count). The molecule has 16 aliphatic rings. The Morgan fingerprint density at radius 3 is 1.35 bits per heavy atom. The van der Waals surface area contributed by atoms with Gasteiger partial charge in [-0.3, -0.25) is 19.4 Å². The van der Waals surface area contributed by atoms with Gasteiger partial charge >= 0.3 is 5.97 Å². The summed E-state index contributed by atoms with van der Waals surface area (Å²) in [6, 6.07) is 1.03. The largest absolute Gasteiger partial charge is 0.479 e. The Morgan fingerprint density at radius 1 is 0.576 bits per heavy atom. The van der Waals surface area contributed by atoms with Gasteiger partial charge in [-0.1, -0.05) is 69.2 Å². The highest BCUT2D eigenvalue weighted by molar-refractivity contribution is 5.85. The number of rotatable bonds is 10. The van der Waals surface area contributed by atoms with Gasteiger partial charge in [0.2, 0.25) is 0 Å². The van der Waals surface area contributed by atoms with Crippen molar-refractivity contribution in [1.29, 1.82) is 0 Å². The fourth-order valence-corrected chi connectivity index (χ4v) is 27.0. The lowest BCUT2D eigenvalue weighted by atomic mass is 9.41. The van der Waals surface area contributed by atoms with Gasteiger partial charge in [-0.2, -0.15) is 0 Å². The number of carbonyl (C=O) groups is 2. The molecule has 1 amide bonds. The predicted molar refractivity (Wildman–Crippen MR) is 345 cm³/mol. The molecular formula is C72H119ClN4O15. The molecule has 6 saturated heterocycles. The number of fused-ring (bicyclic) bond motifs is 8. The Balaban J connectivity index is 0.000000158. The minimum Gasteiger partial charge on any atom is -0.479 e. The summed E-state index contributed by atoms with van der Waals surface area (Å²) in [5.41, 5.74) is 3.23. The summed E-state index contributed by atoms with van der Waals surface area (Å²) >= 11 is 0. The van der Waals surface area contributed by atoms with Gasteiger partial charge < -0.3 is 58.1 Å². The summed E-state index contributed by atoms with van der Waals surface area (Å²) in [6.45, 7) is 32.4. The zero-order chi connectivity index (χ0) is 64.6. The van der Waals surface area contributed by atoms with Crippen LogP contribution in [0.25, 0.3) is 0 Å². The second-order valence-electron chi connectivity index (χ2n) is 35.0. The van der Waals surface area contributed by atoms with Crippen LogP contribution in [0.5, 0.6) is 0 Å². The normalized spacial score (nSPS) is 52.4. The number of aliphatic hydroxyl groups is 2. The monoisotopic (exact) mass is 1310 g/mol. The van der Waals surface area contributed by atoms with E-state index in [9.17, 15) is 24.9 Å². The molecule has 0 radical (unpaired) electrons. The number of carboxylic acid groups (broad SMARTS) is 1. The third-order valence-electron chi connectivity index (χ3n) is 31.8. The number of carboxylic acids is 1. The van der Waals surface area contributed by atoms with Crippen molar-refractivity contribution < 1.29 is 72.5 Å². The molecule has 10 saturated carbocycles. The summed E-state index contributed by atoms with van der Waals surface area (Å²) in [4.78, 5) is 39.6. The van der Waals surface area contributed by atoms with Crippen molar-refractivity contribution in [3.63, 3.8) is 0 Å². The number of likely N-dealkylation sites (N-methyl/N-ethyl adjacent to an activating group) is 1. The first-order valence-electron chi connectivity index (χ1n) is 36.2. The van der Waals surface area contributed by atoms with Crippen LogP contribution in [0.4, 0.5) is 0 Å². The number of hydrogen-bond donors (Lipinski definition) is 4. The van der Waals surface area contributed by atoms with E-state index in [0.29, 0.717) is 65.3 Å². The van der Waals surface area contributed by atoms with Crippen LogP contribution in [0.1, 0.15) is 172 Å². The molecule has 16 fully saturated rings. The molecule has 20 heteroatoms. The summed E-state index contributed by atoms with van der Waals surface area (Å²) in [6.07, 6.45) is 14.6. The molecule has 26 atom stereocenters. The van der Waals surface area contributed by atoms with Crippen LogP contribution >= 0.6 is 12.4 Å². The van der Waals surface area contributed by atoms with E-state index in [1.165, 1.54) is 63.5 Å². The number of halogens is 1. The number of aliphatic carboxylic acids is 1. The van der Waals surface area contributed by atoms with Crippen molar-refractivity contribution in [2.45, 2.75) is 245 Å². The van der Waals surface area contributed by atoms with Gasteiger partial charge in [0, 0.05) is 38.0 Å². The fourth-order valence-electron chi connectivity index (χ4n) is 27.0. The van der Waals surface area contributed by atoms with Crippen molar-refractivity contribution in [2.24, 2.45) is 101 Å². The van der Waals surface area contributed by atoms with E-state index >= 15 is 0 Å². The quantitative estimate of drug-likeness (QED) is 0.151. The fraction of sp³-hybridized carbons (Fsp3) is 0.972. The topological polar surface area (TPSA) is 209 Å². The maximum atomic E-state index is 13.1. The molecule has 10 aliphatic carbocycles. The van der Waals surface area contributed by atoms with Crippen LogP contribution in [-0.2, 0) is 57.2 Å². The van der Waals surface area contributed by atoms with Crippen LogP contribution in [0.3, 0.4) is 0 Å². The number of carbonyl (C=O) groups excluding carboxylic acids is 1. The lowest BCUT2D eigenvalue weighted by Gasteiger charge is -2.64. The van der Waals surface area contributed by atoms with Crippen LogP contribution in [0.15, 0.2) is 0 Å². The van der Waals surface area contributed by atoms with E-state index in [0.717, 1.165) is 104 Å². The maximum Gasteiger partial charge on any atom is 0.332 e. The molecule has 4 unspecified atom stereocenters. The summed E-state index contributed by atoms with van der Waals surface area (Å²) < 4.78 is 49.9. The molecule has 0 aromatic heterocycles. The predicted octanol–water partition coefficient (Wildman–Crippen LogP) is 8.78.